The van der Waals surface area contributed by atoms with Crippen molar-refractivity contribution in [3.63, 3.8) is 0 Å². The molecule has 0 unspecified atom stereocenters. The molecular weight excluding hydrogens is 270 g/mol. The molecule has 0 saturated carbocycles. The first-order valence-corrected chi connectivity index (χ1v) is 6.43. The van der Waals surface area contributed by atoms with Crippen molar-refractivity contribution in [2.24, 2.45) is 0 Å². The van der Waals surface area contributed by atoms with E-state index in [1.54, 1.807) is 41.6 Å². The number of hydrogen-bond donors (Lipinski definition) is 2. The lowest BCUT2D eigenvalue weighted by Crippen LogP contribution is -2.28. The number of anilines is 1. The maximum atomic E-state index is 11.5. The Bertz CT molecular complexity index is 769. The Morgan fingerprint density at radius 2 is 2.24 bits per heavy atom. The molecular formula is C13H13N7O. The van der Waals surface area contributed by atoms with Crippen LogP contribution in [0.3, 0.4) is 0 Å². The van der Waals surface area contributed by atoms with Crippen molar-refractivity contribution in [2.75, 3.05) is 11.9 Å². The van der Waals surface area contributed by atoms with Crippen LogP contribution >= 0.6 is 0 Å². The SMILES string of the molecule is CCNC(=O)Nc1ccc2ncc(-n3ccnc3)nc2n1. The number of rotatable bonds is 3. The van der Waals surface area contributed by atoms with Gasteiger partial charge in [0, 0.05) is 18.9 Å². The van der Waals surface area contributed by atoms with Gasteiger partial charge >= 0.3 is 6.03 Å². The van der Waals surface area contributed by atoms with Crippen molar-refractivity contribution < 1.29 is 4.79 Å². The van der Waals surface area contributed by atoms with Crippen molar-refractivity contribution in [3.8, 4) is 5.82 Å². The smallest absolute Gasteiger partial charge is 0.320 e. The number of hydrogen-bond acceptors (Lipinski definition) is 5. The molecule has 3 heterocycles. The van der Waals surface area contributed by atoms with Gasteiger partial charge in [-0.05, 0) is 19.1 Å². The van der Waals surface area contributed by atoms with Crippen LogP contribution in [0.1, 0.15) is 6.92 Å². The number of carbonyl (C=O) groups excluding carboxylic acids is 1. The van der Waals surface area contributed by atoms with E-state index in [4.69, 9.17) is 0 Å². The minimum Gasteiger partial charge on any atom is -0.338 e. The summed E-state index contributed by atoms with van der Waals surface area (Å²) in [5.41, 5.74) is 1.11. The van der Waals surface area contributed by atoms with Gasteiger partial charge in [0.25, 0.3) is 0 Å². The summed E-state index contributed by atoms with van der Waals surface area (Å²) in [7, 11) is 0. The van der Waals surface area contributed by atoms with E-state index in [1.165, 1.54) is 0 Å². The molecule has 0 aliphatic carbocycles. The Morgan fingerprint density at radius 3 is 3.00 bits per heavy atom. The first-order valence-electron chi connectivity index (χ1n) is 6.43. The standard InChI is InChI=1S/C13H13N7O/c1-2-15-13(21)18-10-4-3-9-12(17-10)19-11(7-16-9)20-6-5-14-8-20/h3-8H,2H2,1H3,(H2,15,17,18,19,21). The number of fused-ring (bicyclic) bond motifs is 1. The van der Waals surface area contributed by atoms with Crippen LogP contribution in [0, 0.1) is 0 Å². The third-order valence-electron chi connectivity index (χ3n) is 2.74. The zero-order valence-corrected chi connectivity index (χ0v) is 11.3. The number of aromatic nitrogens is 5. The van der Waals surface area contributed by atoms with Gasteiger partial charge in [0.1, 0.15) is 17.7 Å². The van der Waals surface area contributed by atoms with E-state index < -0.39 is 0 Å². The Balaban J connectivity index is 1.94. The van der Waals surface area contributed by atoms with Gasteiger partial charge in [0.2, 0.25) is 0 Å². The normalized spacial score (nSPS) is 10.5. The van der Waals surface area contributed by atoms with Crippen molar-refractivity contribution in [1.82, 2.24) is 29.8 Å². The summed E-state index contributed by atoms with van der Waals surface area (Å²) >= 11 is 0. The zero-order valence-electron chi connectivity index (χ0n) is 11.3. The molecule has 3 aromatic rings. The summed E-state index contributed by atoms with van der Waals surface area (Å²) in [6.07, 6.45) is 6.70. The maximum Gasteiger partial charge on any atom is 0.320 e. The predicted octanol–water partition coefficient (Wildman–Crippen LogP) is 1.35. The van der Waals surface area contributed by atoms with Crippen LogP contribution in [0.2, 0.25) is 0 Å². The van der Waals surface area contributed by atoms with E-state index in [0.717, 1.165) is 0 Å². The lowest BCUT2D eigenvalue weighted by atomic mass is 10.4. The zero-order chi connectivity index (χ0) is 14.7. The third-order valence-corrected chi connectivity index (χ3v) is 2.74. The van der Waals surface area contributed by atoms with Crippen LogP contribution in [0.5, 0.6) is 0 Å². The molecule has 0 saturated heterocycles. The van der Waals surface area contributed by atoms with Gasteiger partial charge in [-0.2, -0.15) is 0 Å². The highest BCUT2D eigenvalue weighted by molar-refractivity contribution is 5.89. The number of nitrogens with one attached hydrogen (secondary N) is 2. The monoisotopic (exact) mass is 283 g/mol. The molecule has 0 spiro atoms. The fourth-order valence-corrected chi connectivity index (χ4v) is 1.80. The molecule has 8 heteroatoms. The molecule has 0 radical (unpaired) electrons. The summed E-state index contributed by atoms with van der Waals surface area (Å²) in [5.74, 6) is 1.04. The molecule has 2 amide bonds. The van der Waals surface area contributed by atoms with Crippen LogP contribution in [0.4, 0.5) is 10.6 Å². The van der Waals surface area contributed by atoms with Gasteiger partial charge in [0.15, 0.2) is 11.5 Å². The third kappa shape index (κ3) is 2.78. The Morgan fingerprint density at radius 1 is 1.33 bits per heavy atom. The first kappa shape index (κ1) is 13.0. The number of urea groups is 1. The molecule has 8 nitrogen and oxygen atoms in total. The summed E-state index contributed by atoms with van der Waals surface area (Å²) < 4.78 is 1.73. The van der Waals surface area contributed by atoms with E-state index in [-0.39, 0.29) is 6.03 Å². The van der Waals surface area contributed by atoms with Crippen molar-refractivity contribution in [1.29, 1.82) is 0 Å². The van der Waals surface area contributed by atoms with Crippen LogP contribution in [0.25, 0.3) is 17.0 Å². The Hall–Kier alpha value is -3.03. The van der Waals surface area contributed by atoms with Crippen LogP contribution in [-0.4, -0.2) is 37.1 Å². The molecule has 0 aliphatic heterocycles. The summed E-state index contributed by atoms with van der Waals surface area (Å²) in [5, 5.41) is 5.28. The molecule has 3 aromatic heterocycles. The average molecular weight is 283 g/mol. The summed E-state index contributed by atoms with van der Waals surface area (Å²) in [6.45, 7) is 2.39. The van der Waals surface area contributed by atoms with Crippen LogP contribution in [-0.2, 0) is 0 Å². The van der Waals surface area contributed by atoms with Crippen molar-refractivity contribution in [3.05, 3.63) is 37.1 Å². The molecule has 3 rings (SSSR count). The number of nitrogens with zero attached hydrogens (tertiary/aromatic N) is 5. The summed E-state index contributed by atoms with van der Waals surface area (Å²) in [6, 6.07) is 3.14. The minimum atomic E-state index is -0.303. The topological polar surface area (TPSA) is 97.6 Å². The first-order chi connectivity index (χ1) is 10.3. The van der Waals surface area contributed by atoms with E-state index in [9.17, 15) is 4.79 Å². The highest BCUT2D eigenvalue weighted by Gasteiger charge is 2.06. The number of amides is 2. The van der Waals surface area contributed by atoms with Crippen LogP contribution < -0.4 is 10.6 Å². The maximum absolute atomic E-state index is 11.5. The minimum absolute atomic E-state index is 0.303. The lowest BCUT2D eigenvalue weighted by Gasteiger charge is -2.06. The number of imidazole rings is 1. The molecule has 0 aliphatic rings. The second kappa shape index (κ2) is 5.53. The van der Waals surface area contributed by atoms with E-state index in [0.29, 0.717) is 29.3 Å². The van der Waals surface area contributed by atoms with E-state index in [2.05, 4.69) is 30.6 Å². The van der Waals surface area contributed by atoms with Crippen molar-refractivity contribution in [2.45, 2.75) is 6.92 Å². The molecule has 0 atom stereocenters. The van der Waals surface area contributed by atoms with Gasteiger partial charge in [0.05, 0.1) is 6.20 Å². The van der Waals surface area contributed by atoms with Crippen molar-refractivity contribution >= 4 is 23.0 Å². The second-order valence-corrected chi connectivity index (χ2v) is 4.22. The largest absolute Gasteiger partial charge is 0.338 e. The Labute approximate surface area is 120 Å². The fourth-order valence-electron chi connectivity index (χ4n) is 1.80. The van der Waals surface area contributed by atoms with Gasteiger partial charge in [-0.1, -0.05) is 0 Å². The lowest BCUT2D eigenvalue weighted by molar-refractivity contribution is 0.252. The van der Waals surface area contributed by atoms with Gasteiger partial charge in [-0.3, -0.25) is 9.88 Å². The fraction of sp³-hybridized carbons (Fsp3) is 0.154. The molecule has 0 aromatic carbocycles. The number of pyridine rings is 1. The van der Waals surface area contributed by atoms with E-state index in [1.807, 2.05) is 6.92 Å². The quantitative estimate of drug-likeness (QED) is 0.756. The highest BCUT2D eigenvalue weighted by Crippen LogP contribution is 2.13. The molecule has 0 bridgehead atoms. The van der Waals surface area contributed by atoms with Gasteiger partial charge in [-0.15, -0.1) is 0 Å². The average Bonchev–Trinajstić information content (AvgIpc) is 3.01. The Kier molecular flexibility index (Phi) is 3.42. The molecule has 0 fully saturated rings. The van der Waals surface area contributed by atoms with Gasteiger partial charge < -0.3 is 5.32 Å². The summed E-state index contributed by atoms with van der Waals surface area (Å²) in [4.78, 5) is 28.4. The molecule has 21 heavy (non-hydrogen) atoms. The molecule has 2 N–H and O–H groups in total. The number of carbonyl (C=O) groups is 1. The second-order valence-electron chi connectivity index (χ2n) is 4.22. The molecule has 106 valence electrons. The van der Waals surface area contributed by atoms with Crippen LogP contribution in [0.15, 0.2) is 37.1 Å². The van der Waals surface area contributed by atoms with E-state index >= 15 is 0 Å². The predicted molar refractivity (Wildman–Crippen MR) is 77.2 cm³/mol. The highest BCUT2D eigenvalue weighted by atomic mass is 16.2. The van der Waals surface area contributed by atoms with Gasteiger partial charge in [-0.25, -0.2) is 24.7 Å².